The number of halogens is 1. The summed E-state index contributed by atoms with van der Waals surface area (Å²) in [5, 5.41) is 0. The van der Waals surface area contributed by atoms with Gasteiger partial charge in [-0.2, -0.15) is 4.98 Å². The zero-order valence-corrected chi connectivity index (χ0v) is 8.38. The van der Waals surface area contributed by atoms with E-state index in [0.29, 0.717) is 21.9 Å². The number of methoxy groups -OCH3 is 2. The second-order valence-corrected chi connectivity index (χ2v) is 2.92. The molecule has 2 N–H and O–H groups in total. The number of nitrogens with two attached hydrogens (primary N) is 1. The Bertz CT molecular complexity index is 262. The van der Waals surface area contributed by atoms with Crippen LogP contribution in [-0.2, 0) is 0 Å². The molecule has 0 saturated heterocycles. The minimum Gasteiger partial charge on any atom is -0.491 e. The van der Waals surface area contributed by atoms with E-state index in [0.717, 1.165) is 0 Å². The van der Waals surface area contributed by atoms with E-state index < -0.39 is 0 Å². The smallest absolute Gasteiger partial charge is 0.258 e. The summed E-state index contributed by atoms with van der Waals surface area (Å²) in [7, 11) is 3.06. The Labute approximate surface area is 78.8 Å². The summed E-state index contributed by atoms with van der Waals surface area (Å²) in [5.74, 6) is 1.32. The fourth-order valence-electron chi connectivity index (χ4n) is 0.761. The SMILES string of the molecule is COc1cc(Br)c(N)nc1OC. The predicted octanol–water partition coefficient (Wildman–Crippen LogP) is 1.44. The number of nitrogen functional groups attached to an aromatic ring is 1. The molecule has 1 aromatic heterocycles. The lowest BCUT2D eigenvalue weighted by Crippen LogP contribution is -1.98. The van der Waals surface area contributed by atoms with Crippen molar-refractivity contribution in [3.05, 3.63) is 10.5 Å². The van der Waals surface area contributed by atoms with E-state index in [1.54, 1.807) is 13.2 Å². The maximum atomic E-state index is 5.53. The Morgan fingerprint density at radius 2 is 2.08 bits per heavy atom. The van der Waals surface area contributed by atoms with Crippen molar-refractivity contribution in [1.29, 1.82) is 0 Å². The van der Waals surface area contributed by atoms with Crippen molar-refractivity contribution in [3.8, 4) is 11.6 Å². The highest BCUT2D eigenvalue weighted by atomic mass is 79.9. The summed E-state index contributed by atoms with van der Waals surface area (Å²) in [5.41, 5.74) is 5.53. The molecule has 0 atom stereocenters. The van der Waals surface area contributed by atoms with Gasteiger partial charge in [0.05, 0.1) is 18.7 Å². The molecule has 12 heavy (non-hydrogen) atoms. The van der Waals surface area contributed by atoms with E-state index in [2.05, 4.69) is 20.9 Å². The van der Waals surface area contributed by atoms with Crippen LogP contribution in [0.4, 0.5) is 5.82 Å². The van der Waals surface area contributed by atoms with Gasteiger partial charge in [0, 0.05) is 6.07 Å². The van der Waals surface area contributed by atoms with Crippen LogP contribution >= 0.6 is 15.9 Å². The van der Waals surface area contributed by atoms with Crippen LogP contribution in [0.3, 0.4) is 0 Å². The topological polar surface area (TPSA) is 57.4 Å². The van der Waals surface area contributed by atoms with E-state index in [1.807, 2.05) is 0 Å². The molecular formula is C7H9BrN2O2. The van der Waals surface area contributed by atoms with E-state index in [4.69, 9.17) is 15.2 Å². The second-order valence-electron chi connectivity index (χ2n) is 2.07. The number of hydrogen-bond acceptors (Lipinski definition) is 4. The number of anilines is 1. The average Bonchev–Trinajstić information content (AvgIpc) is 2.09. The zero-order chi connectivity index (χ0) is 9.14. The van der Waals surface area contributed by atoms with Crippen LogP contribution in [-0.4, -0.2) is 19.2 Å². The normalized spacial score (nSPS) is 9.58. The van der Waals surface area contributed by atoms with Gasteiger partial charge in [0.15, 0.2) is 5.75 Å². The minimum atomic E-state index is 0.382. The summed E-state index contributed by atoms with van der Waals surface area (Å²) in [4.78, 5) is 3.95. The van der Waals surface area contributed by atoms with Gasteiger partial charge in [-0.1, -0.05) is 0 Å². The maximum Gasteiger partial charge on any atom is 0.258 e. The number of nitrogens with zero attached hydrogens (tertiary/aromatic N) is 1. The van der Waals surface area contributed by atoms with Crippen LogP contribution < -0.4 is 15.2 Å². The Morgan fingerprint density at radius 1 is 1.42 bits per heavy atom. The fraction of sp³-hybridized carbons (Fsp3) is 0.286. The van der Waals surface area contributed by atoms with E-state index >= 15 is 0 Å². The van der Waals surface area contributed by atoms with Gasteiger partial charge >= 0.3 is 0 Å². The van der Waals surface area contributed by atoms with Gasteiger partial charge in [-0.3, -0.25) is 0 Å². The Hall–Kier alpha value is -0.970. The lowest BCUT2D eigenvalue weighted by Gasteiger charge is -2.07. The number of ether oxygens (including phenoxy) is 2. The predicted molar refractivity (Wildman–Crippen MR) is 49.5 cm³/mol. The van der Waals surface area contributed by atoms with Crippen molar-refractivity contribution in [2.24, 2.45) is 0 Å². The molecule has 0 spiro atoms. The monoisotopic (exact) mass is 232 g/mol. The summed E-state index contributed by atoms with van der Waals surface area (Å²) < 4.78 is 10.6. The largest absolute Gasteiger partial charge is 0.491 e. The highest BCUT2D eigenvalue weighted by Crippen LogP contribution is 2.30. The van der Waals surface area contributed by atoms with Gasteiger partial charge < -0.3 is 15.2 Å². The first-order valence-corrected chi connectivity index (χ1v) is 4.02. The minimum absolute atomic E-state index is 0.382. The summed E-state index contributed by atoms with van der Waals surface area (Å²) in [6.07, 6.45) is 0. The molecule has 0 unspecified atom stereocenters. The molecule has 0 aliphatic heterocycles. The number of aromatic nitrogens is 1. The van der Waals surface area contributed by atoms with Crippen molar-refractivity contribution in [3.63, 3.8) is 0 Å². The quantitative estimate of drug-likeness (QED) is 0.839. The van der Waals surface area contributed by atoms with Crippen LogP contribution in [0.15, 0.2) is 10.5 Å². The lowest BCUT2D eigenvalue weighted by molar-refractivity contribution is 0.343. The molecule has 0 aromatic carbocycles. The Morgan fingerprint density at radius 3 is 2.58 bits per heavy atom. The van der Waals surface area contributed by atoms with Crippen molar-refractivity contribution in [2.45, 2.75) is 0 Å². The Kier molecular flexibility index (Phi) is 2.75. The molecule has 0 radical (unpaired) electrons. The average molecular weight is 233 g/mol. The van der Waals surface area contributed by atoms with Gasteiger partial charge in [-0.15, -0.1) is 0 Å². The summed E-state index contributed by atoms with van der Waals surface area (Å²) in [6.45, 7) is 0. The summed E-state index contributed by atoms with van der Waals surface area (Å²) in [6, 6.07) is 1.71. The molecule has 0 amide bonds. The molecule has 1 heterocycles. The standard InChI is InChI=1S/C7H9BrN2O2/c1-11-5-3-4(8)6(9)10-7(5)12-2/h3H,1-2H3,(H2,9,10). The number of pyridine rings is 1. The van der Waals surface area contributed by atoms with Crippen LogP contribution in [0.5, 0.6) is 11.6 Å². The van der Waals surface area contributed by atoms with E-state index in [9.17, 15) is 0 Å². The van der Waals surface area contributed by atoms with Gasteiger partial charge in [0.2, 0.25) is 0 Å². The van der Waals surface area contributed by atoms with Crippen LogP contribution in [0.2, 0.25) is 0 Å². The molecular weight excluding hydrogens is 224 g/mol. The summed E-state index contributed by atoms with van der Waals surface area (Å²) >= 11 is 3.23. The number of rotatable bonds is 2. The maximum absolute atomic E-state index is 5.53. The molecule has 0 aliphatic carbocycles. The van der Waals surface area contributed by atoms with Gasteiger partial charge in [0.25, 0.3) is 5.88 Å². The first-order valence-electron chi connectivity index (χ1n) is 3.23. The molecule has 0 aliphatic rings. The third-order valence-corrected chi connectivity index (χ3v) is 1.98. The van der Waals surface area contributed by atoms with Crippen LogP contribution in [0, 0.1) is 0 Å². The van der Waals surface area contributed by atoms with Crippen LogP contribution in [0.1, 0.15) is 0 Å². The van der Waals surface area contributed by atoms with Gasteiger partial charge in [0.1, 0.15) is 5.82 Å². The number of hydrogen-bond donors (Lipinski definition) is 1. The second kappa shape index (κ2) is 3.62. The molecule has 1 aromatic rings. The van der Waals surface area contributed by atoms with Crippen molar-refractivity contribution >= 4 is 21.7 Å². The van der Waals surface area contributed by atoms with Gasteiger partial charge in [-0.25, -0.2) is 0 Å². The fourth-order valence-corrected chi connectivity index (χ4v) is 1.06. The third kappa shape index (κ3) is 1.61. The first-order chi connectivity index (χ1) is 5.69. The van der Waals surface area contributed by atoms with E-state index in [1.165, 1.54) is 7.11 Å². The highest BCUT2D eigenvalue weighted by molar-refractivity contribution is 9.10. The molecule has 0 fully saturated rings. The van der Waals surface area contributed by atoms with Gasteiger partial charge in [-0.05, 0) is 15.9 Å². The third-order valence-electron chi connectivity index (χ3n) is 1.35. The van der Waals surface area contributed by atoms with Crippen LogP contribution in [0.25, 0.3) is 0 Å². The lowest BCUT2D eigenvalue weighted by atomic mass is 10.4. The highest BCUT2D eigenvalue weighted by Gasteiger charge is 2.08. The molecule has 1 rings (SSSR count). The Balaban J connectivity index is 3.19. The molecule has 0 saturated carbocycles. The van der Waals surface area contributed by atoms with E-state index in [-0.39, 0.29) is 0 Å². The van der Waals surface area contributed by atoms with Crippen molar-refractivity contribution < 1.29 is 9.47 Å². The van der Waals surface area contributed by atoms with Crippen molar-refractivity contribution in [1.82, 2.24) is 4.98 Å². The molecule has 0 bridgehead atoms. The van der Waals surface area contributed by atoms with Crippen molar-refractivity contribution in [2.75, 3.05) is 20.0 Å². The first kappa shape index (κ1) is 9.12. The molecule has 5 heteroatoms. The molecule has 4 nitrogen and oxygen atoms in total. The molecule has 66 valence electrons. The zero-order valence-electron chi connectivity index (χ0n) is 6.80.